The Morgan fingerprint density at radius 1 is 1.69 bits per heavy atom. The van der Waals surface area contributed by atoms with Crippen LogP contribution in [0.4, 0.5) is 0 Å². The monoisotopic (exact) mass is 197 g/mol. The van der Waals surface area contributed by atoms with Gasteiger partial charge in [0.15, 0.2) is 11.4 Å². The van der Waals surface area contributed by atoms with E-state index in [2.05, 4.69) is 17.2 Å². The summed E-state index contributed by atoms with van der Waals surface area (Å²) in [5.41, 5.74) is 0.401. The van der Waals surface area contributed by atoms with Crippen LogP contribution < -0.4 is 5.32 Å². The van der Waals surface area contributed by atoms with E-state index < -0.39 is 0 Å². The summed E-state index contributed by atoms with van der Waals surface area (Å²) < 4.78 is 0. The zero-order chi connectivity index (χ0) is 9.73. The molecule has 0 heterocycles. The normalized spacial score (nSPS) is 20.2. The van der Waals surface area contributed by atoms with E-state index >= 15 is 0 Å². The zero-order valence-electron chi connectivity index (χ0n) is 8.13. The summed E-state index contributed by atoms with van der Waals surface area (Å²) in [4.78, 5) is 4.37. The molecule has 3 nitrogen and oxygen atoms in total. The summed E-state index contributed by atoms with van der Waals surface area (Å²) in [6, 6.07) is 0. The number of nitrogens with one attached hydrogen (secondary N) is 1. The highest BCUT2D eigenvalue weighted by Gasteiger charge is 2.31. The van der Waals surface area contributed by atoms with Crippen LogP contribution in [0, 0.1) is 16.9 Å². The van der Waals surface area contributed by atoms with Gasteiger partial charge in [0.25, 0.3) is 0 Å². The number of nitrogens with zero attached hydrogens (tertiary/aromatic N) is 2. The lowest BCUT2D eigenvalue weighted by molar-refractivity contribution is 0.174. The SMILES string of the molecule is CSC(=NCC1(C)CCC1)NC#N. The molecule has 72 valence electrons. The van der Waals surface area contributed by atoms with Gasteiger partial charge in [-0.15, -0.1) is 0 Å². The van der Waals surface area contributed by atoms with Crippen molar-refractivity contribution in [1.82, 2.24) is 5.32 Å². The third kappa shape index (κ3) is 2.92. The Morgan fingerprint density at radius 2 is 2.38 bits per heavy atom. The predicted molar refractivity (Wildman–Crippen MR) is 56.5 cm³/mol. The van der Waals surface area contributed by atoms with Crippen LogP contribution in [-0.2, 0) is 0 Å². The van der Waals surface area contributed by atoms with E-state index in [-0.39, 0.29) is 0 Å². The largest absolute Gasteiger partial charge is 0.272 e. The van der Waals surface area contributed by atoms with E-state index in [1.165, 1.54) is 31.0 Å². The van der Waals surface area contributed by atoms with Gasteiger partial charge in [-0.3, -0.25) is 10.3 Å². The fraction of sp³-hybridized carbons (Fsp3) is 0.778. The molecule has 0 aromatic carbocycles. The fourth-order valence-electron chi connectivity index (χ4n) is 1.40. The Hall–Kier alpha value is -0.690. The molecule has 0 aliphatic heterocycles. The van der Waals surface area contributed by atoms with Crippen molar-refractivity contribution in [1.29, 1.82) is 5.26 Å². The first-order valence-electron chi connectivity index (χ1n) is 4.44. The highest BCUT2D eigenvalue weighted by Crippen LogP contribution is 2.40. The molecule has 0 saturated heterocycles. The molecule has 13 heavy (non-hydrogen) atoms. The van der Waals surface area contributed by atoms with Crippen molar-refractivity contribution in [3.8, 4) is 6.19 Å². The van der Waals surface area contributed by atoms with Crippen molar-refractivity contribution >= 4 is 16.9 Å². The minimum Gasteiger partial charge on any atom is -0.272 e. The van der Waals surface area contributed by atoms with Gasteiger partial charge >= 0.3 is 0 Å². The van der Waals surface area contributed by atoms with Crippen LogP contribution in [0.25, 0.3) is 0 Å². The van der Waals surface area contributed by atoms with Crippen LogP contribution >= 0.6 is 11.8 Å². The molecule has 0 radical (unpaired) electrons. The van der Waals surface area contributed by atoms with Gasteiger partial charge in [-0.1, -0.05) is 25.1 Å². The fourth-order valence-corrected chi connectivity index (χ4v) is 1.75. The Morgan fingerprint density at radius 3 is 2.77 bits per heavy atom. The van der Waals surface area contributed by atoms with E-state index in [0.717, 1.165) is 11.7 Å². The number of aliphatic imine (C=N–C) groups is 1. The lowest BCUT2D eigenvalue weighted by Crippen LogP contribution is -2.29. The Labute approximate surface area is 83.6 Å². The smallest absolute Gasteiger partial charge is 0.183 e. The highest BCUT2D eigenvalue weighted by atomic mass is 32.2. The van der Waals surface area contributed by atoms with E-state index in [9.17, 15) is 0 Å². The van der Waals surface area contributed by atoms with Gasteiger partial charge in [0.2, 0.25) is 0 Å². The Kier molecular flexibility index (Phi) is 3.61. The first-order valence-corrected chi connectivity index (χ1v) is 5.66. The summed E-state index contributed by atoms with van der Waals surface area (Å²) in [5.74, 6) is 0. The molecule has 4 heteroatoms. The van der Waals surface area contributed by atoms with Gasteiger partial charge in [0.05, 0.1) is 0 Å². The molecule has 0 spiro atoms. The standard InChI is InChI=1S/C9H15N3S/c1-9(4-3-5-9)6-11-8(13-2)12-7-10/h3-6H2,1-2H3,(H,11,12). The number of rotatable bonds is 2. The van der Waals surface area contributed by atoms with Crippen LogP contribution in [-0.4, -0.2) is 18.0 Å². The molecule has 1 rings (SSSR count). The predicted octanol–water partition coefficient (Wildman–Crippen LogP) is 1.97. The molecule has 1 aliphatic carbocycles. The second-order valence-corrected chi connectivity index (χ2v) is 4.52. The van der Waals surface area contributed by atoms with E-state index in [0.29, 0.717) is 5.41 Å². The molecular formula is C9H15N3S. The summed E-state index contributed by atoms with van der Waals surface area (Å²) in [5, 5.41) is 11.7. The average Bonchev–Trinajstić information content (AvgIpc) is 2.09. The molecule has 1 fully saturated rings. The third-order valence-corrected chi connectivity index (χ3v) is 3.14. The van der Waals surface area contributed by atoms with Gasteiger partial charge in [0, 0.05) is 6.54 Å². The molecule has 1 aliphatic rings. The number of thioether (sulfide) groups is 1. The lowest BCUT2D eigenvalue weighted by atomic mass is 9.71. The lowest BCUT2D eigenvalue weighted by Gasteiger charge is -2.36. The maximum absolute atomic E-state index is 8.41. The van der Waals surface area contributed by atoms with E-state index in [4.69, 9.17) is 5.26 Å². The average molecular weight is 197 g/mol. The molecule has 0 aromatic heterocycles. The molecular weight excluding hydrogens is 182 g/mol. The summed E-state index contributed by atoms with van der Waals surface area (Å²) in [6.07, 6.45) is 7.68. The number of nitriles is 1. The second kappa shape index (κ2) is 4.52. The van der Waals surface area contributed by atoms with Crippen LogP contribution in [0.5, 0.6) is 0 Å². The first-order chi connectivity index (χ1) is 6.20. The van der Waals surface area contributed by atoms with E-state index in [1.807, 2.05) is 12.4 Å². The maximum Gasteiger partial charge on any atom is 0.183 e. The van der Waals surface area contributed by atoms with Gasteiger partial charge in [-0.2, -0.15) is 5.26 Å². The molecule has 1 N–H and O–H groups in total. The topological polar surface area (TPSA) is 48.2 Å². The first kappa shape index (κ1) is 10.4. The molecule has 0 aromatic rings. The maximum atomic E-state index is 8.41. The summed E-state index contributed by atoms with van der Waals surface area (Å²) in [7, 11) is 0. The minimum absolute atomic E-state index is 0.401. The highest BCUT2D eigenvalue weighted by molar-refractivity contribution is 8.13. The molecule has 0 bridgehead atoms. The quantitative estimate of drug-likeness (QED) is 0.318. The Bertz CT molecular complexity index is 238. The van der Waals surface area contributed by atoms with Crippen LogP contribution in [0.1, 0.15) is 26.2 Å². The van der Waals surface area contributed by atoms with E-state index in [1.54, 1.807) is 0 Å². The van der Waals surface area contributed by atoms with Crippen LogP contribution in [0.15, 0.2) is 4.99 Å². The molecule has 0 unspecified atom stereocenters. The number of hydrogen-bond acceptors (Lipinski definition) is 3. The van der Waals surface area contributed by atoms with Crippen molar-refractivity contribution in [2.24, 2.45) is 10.4 Å². The van der Waals surface area contributed by atoms with Crippen LogP contribution in [0.2, 0.25) is 0 Å². The zero-order valence-corrected chi connectivity index (χ0v) is 8.95. The van der Waals surface area contributed by atoms with Crippen molar-refractivity contribution in [3.05, 3.63) is 0 Å². The van der Waals surface area contributed by atoms with Crippen LogP contribution in [0.3, 0.4) is 0 Å². The van der Waals surface area contributed by atoms with Crippen molar-refractivity contribution < 1.29 is 0 Å². The Balaban J connectivity index is 2.40. The third-order valence-electron chi connectivity index (χ3n) is 2.52. The van der Waals surface area contributed by atoms with Gasteiger partial charge in [0.1, 0.15) is 0 Å². The van der Waals surface area contributed by atoms with Gasteiger partial charge in [-0.25, -0.2) is 0 Å². The molecule has 0 amide bonds. The molecule has 0 atom stereocenters. The van der Waals surface area contributed by atoms with Crippen molar-refractivity contribution in [2.75, 3.05) is 12.8 Å². The molecule has 1 saturated carbocycles. The number of hydrogen-bond donors (Lipinski definition) is 1. The van der Waals surface area contributed by atoms with Gasteiger partial charge in [-0.05, 0) is 24.5 Å². The minimum atomic E-state index is 0.401. The van der Waals surface area contributed by atoms with Gasteiger partial charge < -0.3 is 0 Å². The summed E-state index contributed by atoms with van der Waals surface area (Å²) in [6.45, 7) is 3.10. The van der Waals surface area contributed by atoms with Crippen molar-refractivity contribution in [3.63, 3.8) is 0 Å². The summed E-state index contributed by atoms with van der Waals surface area (Å²) >= 11 is 1.49. The number of amidine groups is 1. The second-order valence-electron chi connectivity index (χ2n) is 3.73. The van der Waals surface area contributed by atoms with Crippen molar-refractivity contribution in [2.45, 2.75) is 26.2 Å².